The zero-order valence-corrected chi connectivity index (χ0v) is 9.04. The molecule has 0 saturated heterocycles. The molecule has 5 heteroatoms. The van der Waals surface area contributed by atoms with Gasteiger partial charge in [-0.15, -0.1) is 0 Å². The van der Waals surface area contributed by atoms with Crippen molar-refractivity contribution in [1.29, 1.82) is 0 Å². The van der Waals surface area contributed by atoms with Gasteiger partial charge in [-0.2, -0.15) is 0 Å². The Hall–Kier alpha value is -1.91. The van der Waals surface area contributed by atoms with Gasteiger partial charge in [0.2, 0.25) is 6.41 Å². The molecule has 0 radical (unpaired) electrons. The van der Waals surface area contributed by atoms with Crippen molar-refractivity contribution in [2.24, 2.45) is 0 Å². The molecule has 0 aromatic carbocycles. The van der Waals surface area contributed by atoms with Crippen LogP contribution in [0, 0.1) is 0 Å². The molecular weight excluding hydrogens is 208 g/mol. The van der Waals surface area contributed by atoms with Crippen molar-refractivity contribution in [3.05, 3.63) is 30.1 Å². The number of aromatic nitrogens is 1. The molecule has 0 aliphatic rings. The fraction of sp³-hybridized carbons (Fsp3) is 0.364. The first-order chi connectivity index (χ1) is 7.70. The van der Waals surface area contributed by atoms with Crippen LogP contribution in [0.2, 0.25) is 0 Å². The number of carboxylic acid groups (broad SMARTS) is 1. The first-order valence-electron chi connectivity index (χ1n) is 5.04. The van der Waals surface area contributed by atoms with Crippen LogP contribution in [0.3, 0.4) is 0 Å². The van der Waals surface area contributed by atoms with Gasteiger partial charge in [-0.05, 0) is 12.5 Å². The molecule has 1 rings (SSSR count). The van der Waals surface area contributed by atoms with Gasteiger partial charge in [-0.25, -0.2) is 4.79 Å². The van der Waals surface area contributed by atoms with E-state index in [1.54, 1.807) is 18.3 Å². The van der Waals surface area contributed by atoms with Gasteiger partial charge >= 0.3 is 5.97 Å². The average Bonchev–Trinajstić information content (AvgIpc) is 2.29. The summed E-state index contributed by atoms with van der Waals surface area (Å²) in [5.41, 5.74) is 0.510. The lowest BCUT2D eigenvalue weighted by Crippen LogP contribution is -2.33. The van der Waals surface area contributed by atoms with Gasteiger partial charge in [0.15, 0.2) is 6.04 Å². The van der Waals surface area contributed by atoms with E-state index in [9.17, 15) is 9.59 Å². The highest BCUT2D eigenvalue weighted by Crippen LogP contribution is 2.18. The van der Waals surface area contributed by atoms with Crippen molar-refractivity contribution in [3.63, 3.8) is 0 Å². The third kappa shape index (κ3) is 2.79. The van der Waals surface area contributed by atoms with Crippen LogP contribution in [-0.2, 0) is 9.59 Å². The van der Waals surface area contributed by atoms with E-state index in [1.165, 1.54) is 11.1 Å². The Morgan fingerprint density at radius 3 is 2.88 bits per heavy atom. The smallest absolute Gasteiger partial charge is 0.331 e. The van der Waals surface area contributed by atoms with Gasteiger partial charge in [0.25, 0.3) is 0 Å². The lowest BCUT2D eigenvalue weighted by atomic mass is 10.1. The molecule has 1 N–H and O–H groups in total. The Morgan fingerprint density at radius 2 is 2.44 bits per heavy atom. The summed E-state index contributed by atoms with van der Waals surface area (Å²) in [7, 11) is 0. The maximum atomic E-state index is 11.1. The predicted octanol–water partition coefficient (Wildman–Crippen LogP) is 1.08. The third-order valence-corrected chi connectivity index (χ3v) is 2.18. The topological polar surface area (TPSA) is 70.5 Å². The zero-order chi connectivity index (χ0) is 12.0. The van der Waals surface area contributed by atoms with Gasteiger partial charge in [-0.3, -0.25) is 9.78 Å². The molecular formula is C11H14N2O3. The summed E-state index contributed by atoms with van der Waals surface area (Å²) in [4.78, 5) is 27.1. The van der Waals surface area contributed by atoms with Crippen LogP contribution in [-0.4, -0.2) is 33.9 Å². The summed E-state index contributed by atoms with van der Waals surface area (Å²) >= 11 is 0. The molecule has 0 bridgehead atoms. The van der Waals surface area contributed by atoms with Gasteiger partial charge in [0.1, 0.15) is 0 Å². The molecule has 16 heavy (non-hydrogen) atoms. The van der Waals surface area contributed by atoms with E-state index in [1.807, 2.05) is 6.92 Å². The van der Waals surface area contributed by atoms with Crippen molar-refractivity contribution in [2.45, 2.75) is 19.4 Å². The highest BCUT2D eigenvalue weighted by Gasteiger charge is 2.25. The molecule has 1 atom stereocenters. The third-order valence-electron chi connectivity index (χ3n) is 2.18. The summed E-state index contributed by atoms with van der Waals surface area (Å²) in [5, 5.41) is 9.13. The maximum Gasteiger partial charge on any atom is 0.331 e. The van der Waals surface area contributed by atoms with Gasteiger partial charge in [-0.1, -0.05) is 13.0 Å². The SMILES string of the molecule is CCCN(C=O)C(C(=O)O)c1cccnc1. The van der Waals surface area contributed by atoms with Crippen LogP contribution in [0.1, 0.15) is 24.9 Å². The number of hydrogen-bond donors (Lipinski definition) is 1. The van der Waals surface area contributed by atoms with Crippen LogP contribution in [0.15, 0.2) is 24.5 Å². The second kappa shape index (κ2) is 5.85. The number of carbonyl (C=O) groups is 2. The molecule has 1 unspecified atom stereocenters. The minimum Gasteiger partial charge on any atom is -0.479 e. The number of nitrogens with zero attached hydrogens (tertiary/aromatic N) is 2. The van der Waals surface area contributed by atoms with Crippen LogP contribution in [0.5, 0.6) is 0 Å². The van der Waals surface area contributed by atoms with E-state index in [2.05, 4.69) is 4.98 Å². The molecule has 0 fully saturated rings. The Kier molecular flexibility index (Phi) is 4.44. The molecule has 1 aromatic rings. The Balaban J connectivity index is 2.99. The molecule has 86 valence electrons. The second-order valence-electron chi connectivity index (χ2n) is 3.37. The zero-order valence-electron chi connectivity index (χ0n) is 9.04. The van der Waals surface area contributed by atoms with E-state index in [0.29, 0.717) is 24.9 Å². The summed E-state index contributed by atoms with van der Waals surface area (Å²) in [5.74, 6) is -1.05. The van der Waals surface area contributed by atoms with Crippen molar-refractivity contribution in [2.75, 3.05) is 6.54 Å². The van der Waals surface area contributed by atoms with Gasteiger partial charge < -0.3 is 10.0 Å². The normalized spacial score (nSPS) is 11.8. The van der Waals surface area contributed by atoms with Gasteiger partial charge in [0, 0.05) is 24.5 Å². The fourth-order valence-electron chi connectivity index (χ4n) is 1.51. The minimum absolute atomic E-state index is 0.412. The van der Waals surface area contributed by atoms with E-state index in [4.69, 9.17) is 5.11 Å². The van der Waals surface area contributed by atoms with Crippen molar-refractivity contribution < 1.29 is 14.7 Å². The fourth-order valence-corrected chi connectivity index (χ4v) is 1.51. The summed E-state index contributed by atoms with van der Waals surface area (Å²) in [6.07, 6.45) is 4.30. The molecule has 0 spiro atoms. The van der Waals surface area contributed by atoms with Gasteiger partial charge in [0.05, 0.1) is 0 Å². The van der Waals surface area contributed by atoms with E-state index < -0.39 is 12.0 Å². The molecule has 1 heterocycles. The maximum absolute atomic E-state index is 11.1. The number of carboxylic acids is 1. The quantitative estimate of drug-likeness (QED) is 0.731. The van der Waals surface area contributed by atoms with Crippen molar-refractivity contribution >= 4 is 12.4 Å². The van der Waals surface area contributed by atoms with Crippen molar-refractivity contribution in [1.82, 2.24) is 9.88 Å². The highest BCUT2D eigenvalue weighted by molar-refractivity contribution is 5.78. The molecule has 1 amide bonds. The number of aliphatic carboxylic acids is 1. The number of carbonyl (C=O) groups excluding carboxylic acids is 1. The Bertz CT molecular complexity index is 354. The van der Waals surface area contributed by atoms with Crippen LogP contribution >= 0.6 is 0 Å². The number of pyridine rings is 1. The summed E-state index contributed by atoms with van der Waals surface area (Å²) < 4.78 is 0. The van der Waals surface area contributed by atoms with Crippen LogP contribution in [0.25, 0.3) is 0 Å². The lowest BCUT2D eigenvalue weighted by Gasteiger charge is -2.24. The molecule has 5 nitrogen and oxygen atoms in total. The number of hydrogen-bond acceptors (Lipinski definition) is 3. The average molecular weight is 222 g/mol. The van der Waals surface area contributed by atoms with E-state index >= 15 is 0 Å². The highest BCUT2D eigenvalue weighted by atomic mass is 16.4. The first kappa shape index (κ1) is 12.2. The predicted molar refractivity (Wildman–Crippen MR) is 57.7 cm³/mol. The molecule has 0 aliphatic heterocycles. The van der Waals surface area contributed by atoms with E-state index in [0.717, 1.165) is 0 Å². The molecule has 0 aliphatic carbocycles. The van der Waals surface area contributed by atoms with Crippen molar-refractivity contribution in [3.8, 4) is 0 Å². The first-order valence-corrected chi connectivity index (χ1v) is 5.04. The number of amides is 1. The molecule has 1 aromatic heterocycles. The van der Waals surface area contributed by atoms with E-state index in [-0.39, 0.29) is 0 Å². The lowest BCUT2D eigenvalue weighted by molar-refractivity contribution is -0.146. The Labute approximate surface area is 93.7 Å². The molecule has 0 saturated carbocycles. The number of rotatable bonds is 6. The summed E-state index contributed by atoms with van der Waals surface area (Å²) in [6.45, 7) is 2.30. The minimum atomic E-state index is -1.05. The van der Waals surface area contributed by atoms with Crippen LogP contribution in [0.4, 0.5) is 0 Å². The standard InChI is InChI=1S/C11H14N2O3/c1-2-6-13(8-14)10(11(15)16)9-4-3-5-12-7-9/h3-5,7-8,10H,2,6H2,1H3,(H,15,16). The Morgan fingerprint density at radius 1 is 1.69 bits per heavy atom. The second-order valence-corrected chi connectivity index (χ2v) is 3.37. The largest absolute Gasteiger partial charge is 0.479 e. The summed E-state index contributed by atoms with van der Waals surface area (Å²) in [6, 6.07) is 2.35. The van der Waals surface area contributed by atoms with Crippen LogP contribution < -0.4 is 0 Å². The monoisotopic (exact) mass is 222 g/mol.